The van der Waals surface area contributed by atoms with Crippen molar-refractivity contribution >= 4 is 28.9 Å². The van der Waals surface area contributed by atoms with Crippen LogP contribution in [0.25, 0.3) is 22.0 Å². The lowest BCUT2D eigenvalue weighted by atomic mass is 10.0. The minimum Gasteiger partial charge on any atom is -0.453 e. The van der Waals surface area contributed by atoms with Crippen molar-refractivity contribution in [2.75, 3.05) is 7.11 Å². The smallest absolute Gasteiger partial charge is 0.411 e. The van der Waals surface area contributed by atoms with Crippen LogP contribution < -0.4 is 5.32 Å². The third-order valence-corrected chi connectivity index (χ3v) is 10.8. The number of methoxy groups -OCH3 is 1. The number of amides is 3. The molecule has 3 amide bonds. The number of carbonyl (C=O) groups excluding carboxylic acids is 3. The number of carbonyl (C=O) groups is 3. The number of hydrogen-bond donors (Lipinski definition) is 3. The highest BCUT2D eigenvalue weighted by atomic mass is 16.6. The predicted octanol–water partition coefficient (Wildman–Crippen LogP) is 6.47. The first-order valence-electron chi connectivity index (χ1n) is 18.2. The summed E-state index contributed by atoms with van der Waals surface area (Å²) in [6, 6.07) is 11.8. The van der Waals surface area contributed by atoms with Crippen LogP contribution in [0.1, 0.15) is 95.3 Å². The monoisotopic (exact) mass is 703 g/mol. The summed E-state index contributed by atoms with van der Waals surface area (Å²) in [7, 11) is 1.30. The van der Waals surface area contributed by atoms with E-state index in [0.29, 0.717) is 17.5 Å². The third kappa shape index (κ3) is 6.49. The Balaban J connectivity index is 0.956. The molecule has 4 fully saturated rings. The third-order valence-electron chi connectivity index (χ3n) is 10.8. The van der Waals surface area contributed by atoms with Crippen molar-refractivity contribution in [1.29, 1.82) is 0 Å². The number of nitrogens with zero attached hydrogens (tertiary/aromatic N) is 4. The first-order valence-corrected chi connectivity index (χ1v) is 18.2. The van der Waals surface area contributed by atoms with E-state index in [0.717, 1.165) is 64.9 Å². The molecule has 8 rings (SSSR count). The van der Waals surface area contributed by atoms with E-state index >= 15 is 0 Å². The molecule has 2 saturated carbocycles. The Hall–Kier alpha value is -5.31. The maximum absolute atomic E-state index is 13.8. The molecule has 3 N–H and O–H groups in total. The Morgan fingerprint density at radius 3 is 2.23 bits per heavy atom. The highest BCUT2D eigenvalue weighted by Crippen LogP contribution is 2.54. The van der Waals surface area contributed by atoms with Gasteiger partial charge < -0.3 is 29.7 Å². The predicted molar refractivity (Wildman–Crippen MR) is 194 cm³/mol. The molecule has 7 atom stereocenters. The highest BCUT2D eigenvalue weighted by Gasteiger charge is 2.57. The second kappa shape index (κ2) is 12.7. The SMILES string of the molecule is COC(=O)N[C@H](C(=O)N1[C@@H]2C[C@@H]2C[C@H]1c1nc(-c2ccc3cc(C#Cc4c[nH]c([C@H]5C[C@H]6C[C@H]6N5C(=O)OC(C)(C)C)n4)ccc3c2)c[nH]1)C(C)C. The fourth-order valence-electron chi connectivity index (χ4n) is 8.00. The first-order chi connectivity index (χ1) is 24.9. The van der Waals surface area contributed by atoms with Crippen molar-refractivity contribution in [3.63, 3.8) is 0 Å². The van der Waals surface area contributed by atoms with E-state index in [1.165, 1.54) is 7.11 Å². The van der Waals surface area contributed by atoms with Gasteiger partial charge in [-0.3, -0.25) is 9.69 Å². The molecule has 2 saturated heterocycles. The van der Waals surface area contributed by atoms with Crippen LogP contribution in [0.4, 0.5) is 9.59 Å². The number of H-pyrrole nitrogens is 2. The summed E-state index contributed by atoms with van der Waals surface area (Å²) in [6.07, 6.45) is 6.54. The number of hydrogen-bond acceptors (Lipinski definition) is 7. The summed E-state index contributed by atoms with van der Waals surface area (Å²) < 4.78 is 10.5. The Labute approximate surface area is 303 Å². The van der Waals surface area contributed by atoms with E-state index in [1.807, 2.05) is 62.7 Å². The van der Waals surface area contributed by atoms with Crippen molar-refractivity contribution < 1.29 is 23.9 Å². The molecule has 4 aromatic rings. The first kappa shape index (κ1) is 33.8. The molecular weight excluding hydrogens is 658 g/mol. The van der Waals surface area contributed by atoms with E-state index < -0.39 is 17.7 Å². The Morgan fingerprint density at radius 2 is 1.52 bits per heavy atom. The molecule has 12 heteroatoms. The fraction of sp³-hybridized carbons (Fsp3) is 0.475. The van der Waals surface area contributed by atoms with Crippen molar-refractivity contribution in [1.82, 2.24) is 35.1 Å². The zero-order chi connectivity index (χ0) is 36.5. The van der Waals surface area contributed by atoms with Crippen LogP contribution in [0.2, 0.25) is 0 Å². The van der Waals surface area contributed by atoms with E-state index in [-0.39, 0.29) is 42.1 Å². The number of aromatic amines is 2. The van der Waals surface area contributed by atoms with Crippen LogP contribution in [0.15, 0.2) is 48.8 Å². The number of aromatic nitrogens is 4. The van der Waals surface area contributed by atoms with Gasteiger partial charge in [0.1, 0.15) is 29.0 Å². The van der Waals surface area contributed by atoms with Gasteiger partial charge in [0.05, 0.1) is 24.9 Å². The molecule has 270 valence electrons. The van der Waals surface area contributed by atoms with Gasteiger partial charge in [-0.05, 0) is 99.1 Å². The molecule has 12 nitrogen and oxygen atoms in total. The molecule has 4 heterocycles. The summed E-state index contributed by atoms with van der Waals surface area (Å²) >= 11 is 0. The van der Waals surface area contributed by atoms with Crippen molar-refractivity contribution in [3.05, 3.63) is 71.7 Å². The second-order valence-corrected chi connectivity index (χ2v) is 16.0. The molecule has 52 heavy (non-hydrogen) atoms. The molecule has 0 bridgehead atoms. The van der Waals surface area contributed by atoms with Crippen LogP contribution in [0.3, 0.4) is 0 Å². The van der Waals surface area contributed by atoms with Gasteiger partial charge in [0, 0.05) is 35.6 Å². The minimum atomic E-state index is -0.672. The van der Waals surface area contributed by atoms with Gasteiger partial charge in [-0.15, -0.1) is 0 Å². The lowest BCUT2D eigenvalue weighted by Gasteiger charge is -2.31. The number of likely N-dealkylation sites (tertiary alicyclic amines) is 2. The van der Waals surface area contributed by atoms with E-state index in [9.17, 15) is 14.4 Å². The van der Waals surface area contributed by atoms with Crippen LogP contribution in [-0.2, 0) is 14.3 Å². The second-order valence-electron chi connectivity index (χ2n) is 16.0. The zero-order valence-corrected chi connectivity index (χ0v) is 30.4. The van der Waals surface area contributed by atoms with Crippen molar-refractivity contribution in [2.45, 2.75) is 96.1 Å². The molecular formula is C40H45N7O5. The Kier molecular flexibility index (Phi) is 8.27. The number of ether oxygens (including phenoxy) is 2. The van der Waals surface area contributed by atoms with Gasteiger partial charge in [0.15, 0.2) is 0 Å². The lowest BCUT2D eigenvalue weighted by Crippen LogP contribution is -2.52. The van der Waals surface area contributed by atoms with Crippen molar-refractivity contribution in [3.8, 4) is 23.1 Å². The lowest BCUT2D eigenvalue weighted by molar-refractivity contribution is -0.136. The fourth-order valence-corrected chi connectivity index (χ4v) is 8.00. The number of alkyl carbamates (subject to hydrolysis) is 1. The number of imidazole rings is 2. The molecule has 4 aliphatic rings. The summed E-state index contributed by atoms with van der Waals surface area (Å²) in [5, 5.41) is 4.85. The molecule has 2 aromatic heterocycles. The van der Waals surface area contributed by atoms with Crippen LogP contribution in [0, 0.1) is 29.6 Å². The molecule has 2 aliphatic heterocycles. The molecule has 2 aromatic carbocycles. The molecule has 0 unspecified atom stereocenters. The molecule has 0 spiro atoms. The van der Waals surface area contributed by atoms with Gasteiger partial charge in [0.2, 0.25) is 5.91 Å². The van der Waals surface area contributed by atoms with Gasteiger partial charge in [-0.25, -0.2) is 19.6 Å². The Morgan fingerprint density at radius 1 is 0.865 bits per heavy atom. The molecule has 2 aliphatic carbocycles. The van der Waals surface area contributed by atoms with Crippen LogP contribution in [-0.4, -0.2) is 78.7 Å². The summed E-state index contributed by atoms with van der Waals surface area (Å²) in [6.45, 7) is 9.50. The van der Waals surface area contributed by atoms with Crippen LogP contribution >= 0.6 is 0 Å². The highest BCUT2D eigenvalue weighted by molar-refractivity contribution is 5.88. The average Bonchev–Trinajstić information content (AvgIpc) is 3.70. The standard InChI is InChI=1S/C40H45N7O5/c1-21(2)34(45-38(49)51-6)37(48)46-30-15-26(30)17-32(46)36-42-20-29(44-36)25-11-10-23-13-22(7-9-24(23)14-25)8-12-28-19-41-35(43-28)33-18-27-16-31(27)47(33)39(50)52-40(3,4)5/h7,9-11,13-14,19-21,26-27,30-34H,15-18H2,1-6H3,(H,41,43)(H,42,44)(H,45,49)/t26-,27-,30-,31-,32+,33-,34+/m1/s1. The largest absolute Gasteiger partial charge is 0.453 e. The summed E-state index contributed by atoms with van der Waals surface area (Å²) in [4.78, 5) is 58.9. The number of fused-ring (bicyclic) bond motifs is 3. The number of piperidine rings is 2. The van der Waals surface area contributed by atoms with E-state index in [2.05, 4.69) is 51.4 Å². The maximum Gasteiger partial charge on any atom is 0.411 e. The maximum atomic E-state index is 13.8. The Bertz CT molecular complexity index is 2120. The number of benzene rings is 2. The number of rotatable bonds is 6. The minimum absolute atomic E-state index is 0.0924. The van der Waals surface area contributed by atoms with E-state index in [4.69, 9.17) is 19.4 Å². The molecule has 0 radical (unpaired) electrons. The van der Waals surface area contributed by atoms with Crippen LogP contribution in [0.5, 0.6) is 0 Å². The van der Waals surface area contributed by atoms with E-state index in [1.54, 1.807) is 6.20 Å². The topological polar surface area (TPSA) is 146 Å². The van der Waals surface area contributed by atoms with Crippen molar-refractivity contribution in [2.24, 2.45) is 17.8 Å². The van der Waals surface area contributed by atoms with Gasteiger partial charge in [-0.2, -0.15) is 0 Å². The average molecular weight is 704 g/mol. The number of nitrogens with one attached hydrogen (secondary N) is 3. The zero-order valence-electron chi connectivity index (χ0n) is 30.4. The quantitative estimate of drug-likeness (QED) is 0.195. The van der Waals surface area contributed by atoms with Gasteiger partial charge in [0.25, 0.3) is 0 Å². The van der Waals surface area contributed by atoms with Gasteiger partial charge >= 0.3 is 12.2 Å². The summed E-state index contributed by atoms with van der Waals surface area (Å²) in [5.41, 5.74) is 2.72. The summed E-state index contributed by atoms with van der Waals surface area (Å²) in [5.74, 6) is 8.71. The van der Waals surface area contributed by atoms with Gasteiger partial charge in [-0.1, -0.05) is 38.0 Å². The normalized spacial score (nSPS) is 24.9.